The summed E-state index contributed by atoms with van der Waals surface area (Å²) in [6.45, 7) is 1.54. The van der Waals surface area contributed by atoms with Crippen molar-refractivity contribution in [1.82, 2.24) is 5.32 Å². The summed E-state index contributed by atoms with van der Waals surface area (Å²) in [5.74, 6) is -0.0697. The van der Waals surface area contributed by atoms with Gasteiger partial charge in [-0.3, -0.25) is 4.79 Å². The Balaban J connectivity index is 2.13. The average molecular weight is 240 g/mol. The molecule has 5 nitrogen and oxygen atoms in total. The lowest BCUT2D eigenvalue weighted by Gasteiger charge is -2.10. The van der Waals surface area contributed by atoms with Gasteiger partial charge in [0.05, 0.1) is 17.0 Å². The molecule has 2 N–H and O–H groups in total. The summed E-state index contributed by atoms with van der Waals surface area (Å²) < 4.78 is 0. The molecule has 5 heteroatoms. The molecule has 90 valence electrons. The molecule has 1 aromatic rings. The summed E-state index contributed by atoms with van der Waals surface area (Å²) in [6, 6.07) is 8.59. The Morgan fingerprint density at radius 3 is 2.72 bits per heavy atom. The Morgan fingerprint density at radius 2 is 2.11 bits per heavy atom. The van der Waals surface area contributed by atoms with Gasteiger partial charge in [-0.05, 0) is 31.2 Å². The van der Waals surface area contributed by atoms with Gasteiger partial charge in [-0.1, -0.05) is 0 Å². The molecule has 0 radical (unpaired) electrons. The molecule has 0 bridgehead atoms. The molecule has 0 aliphatic carbocycles. The van der Waals surface area contributed by atoms with Gasteiger partial charge in [-0.25, -0.2) is 0 Å². The maximum atomic E-state index is 11.9. The van der Waals surface area contributed by atoms with Crippen LogP contribution in [0.1, 0.15) is 17.5 Å². The van der Waals surface area contributed by atoms with Gasteiger partial charge in [0.25, 0.3) is 0 Å². The molecule has 1 aliphatic heterocycles. The average Bonchev–Trinajstić information content (AvgIpc) is 2.92. The minimum absolute atomic E-state index is 0.0221. The fourth-order valence-electron chi connectivity index (χ4n) is 1.93. The first kappa shape index (κ1) is 12.1. The second-order valence-corrected chi connectivity index (χ2v) is 4.16. The normalized spacial score (nSPS) is 17.8. The van der Waals surface area contributed by atoms with Gasteiger partial charge >= 0.3 is 0 Å². The number of amides is 1. The van der Waals surface area contributed by atoms with Gasteiger partial charge in [0.2, 0.25) is 5.91 Å². The van der Waals surface area contributed by atoms with Crippen molar-refractivity contribution in [2.45, 2.75) is 6.42 Å². The highest BCUT2D eigenvalue weighted by atomic mass is 16.1. The molecular weight excluding hydrogens is 228 g/mol. The molecule has 0 aromatic heterocycles. The van der Waals surface area contributed by atoms with Crippen molar-refractivity contribution in [3.05, 3.63) is 29.3 Å². The SMILES string of the molecule is N#Cc1ccc(NC(=O)C2CCNC2)cc1C#N. The van der Waals surface area contributed by atoms with Crippen LogP contribution in [0.15, 0.2) is 18.2 Å². The molecule has 1 atom stereocenters. The van der Waals surface area contributed by atoms with E-state index in [0.717, 1.165) is 13.0 Å². The second-order valence-electron chi connectivity index (χ2n) is 4.16. The second kappa shape index (κ2) is 5.31. The Kier molecular flexibility index (Phi) is 3.57. The zero-order valence-electron chi connectivity index (χ0n) is 9.73. The van der Waals surface area contributed by atoms with E-state index in [-0.39, 0.29) is 17.4 Å². The number of hydrogen-bond acceptors (Lipinski definition) is 4. The van der Waals surface area contributed by atoms with Gasteiger partial charge in [-0.15, -0.1) is 0 Å². The van der Waals surface area contributed by atoms with Crippen molar-refractivity contribution < 1.29 is 4.79 Å². The summed E-state index contributed by atoms with van der Waals surface area (Å²) in [7, 11) is 0. The van der Waals surface area contributed by atoms with Crippen LogP contribution in [0.2, 0.25) is 0 Å². The monoisotopic (exact) mass is 240 g/mol. The van der Waals surface area contributed by atoms with Crippen molar-refractivity contribution in [2.24, 2.45) is 5.92 Å². The standard InChI is InChI=1S/C13H12N4O/c14-6-9-1-2-12(5-11(9)7-15)17-13(18)10-3-4-16-8-10/h1-2,5,10,16H,3-4,8H2,(H,17,18). The van der Waals surface area contributed by atoms with E-state index in [1.54, 1.807) is 12.1 Å². The molecule has 1 heterocycles. The first-order chi connectivity index (χ1) is 8.74. The van der Waals surface area contributed by atoms with Gasteiger partial charge < -0.3 is 10.6 Å². The summed E-state index contributed by atoms with van der Waals surface area (Å²) >= 11 is 0. The van der Waals surface area contributed by atoms with Crippen molar-refractivity contribution in [1.29, 1.82) is 10.5 Å². The maximum Gasteiger partial charge on any atom is 0.228 e. The smallest absolute Gasteiger partial charge is 0.228 e. The van der Waals surface area contributed by atoms with Gasteiger partial charge in [0.1, 0.15) is 12.1 Å². The van der Waals surface area contributed by atoms with Crippen LogP contribution < -0.4 is 10.6 Å². The molecule has 1 aliphatic rings. The lowest BCUT2D eigenvalue weighted by atomic mass is 10.1. The van der Waals surface area contributed by atoms with E-state index in [4.69, 9.17) is 10.5 Å². The molecule has 0 saturated carbocycles. The Bertz CT molecular complexity index is 547. The van der Waals surface area contributed by atoms with Crippen molar-refractivity contribution in [3.63, 3.8) is 0 Å². The van der Waals surface area contributed by atoms with E-state index in [1.165, 1.54) is 6.07 Å². The number of benzene rings is 1. The van der Waals surface area contributed by atoms with E-state index < -0.39 is 0 Å². The topological polar surface area (TPSA) is 88.7 Å². The fourth-order valence-corrected chi connectivity index (χ4v) is 1.93. The molecule has 1 unspecified atom stereocenters. The van der Waals surface area contributed by atoms with Crippen LogP contribution in [-0.4, -0.2) is 19.0 Å². The number of nitrogens with zero attached hydrogens (tertiary/aromatic N) is 2. The maximum absolute atomic E-state index is 11.9. The Labute approximate surface area is 105 Å². The molecular formula is C13H12N4O. The number of rotatable bonds is 2. The Hall–Kier alpha value is -2.37. The largest absolute Gasteiger partial charge is 0.326 e. The van der Waals surface area contributed by atoms with Crippen LogP contribution in [0.3, 0.4) is 0 Å². The van der Waals surface area contributed by atoms with Gasteiger partial charge in [-0.2, -0.15) is 10.5 Å². The fraction of sp³-hybridized carbons (Fsp3) is 0.308. The van der Waals surface area contributed by atoms with Crippen LogP contribution in [-0.2, 0) is 4.79 Å². The highest BCUT2D eigenvalue weighted by Crippen LogP contribution is 2.17. The molecule has 1 fully saturated rings. The van der Waals surface area contributed by atoms with E-state index in [0.29, 0.717) is 17.8 Å². The number of carbonyl (C=O) groups is 1. The van der Waals surface area contributed by atoms with E-state index in [1.807, 2.05) is 12.1 Å². The predicted octanol–water partition coefficient (Wildman–Crippen LogP) is 0.978. The van der Waals surface area contributed by atoms with E-state index in [2.05, 4.69) is 10.6 Å². The van der Waals surface area contributed by atoms with Crippen LogP contribution in [0.5, 0.6) is 0 Å². The van der Waals surface area contributed by atoms with Crippen LogP contribution in [0, 0.1) is 28.6 Å². The number of hydrogen-bond donors (Lipinski definition) is 2. The number of anilines is 1. The quantitative estimate of drug-likeness (QED) is 0.806. The van der Waals surface area contributed by atoms with Crippen LogP contribution in [0.25, 0.3) is 0 Å². The summed E-state index contributed by atoms with van der Waals surface area (Å²) in [4.78, 5) is 11.9. The zero-order chi connectivity index (χ0) is 13.0. The Morgan fingerprint density at radius 1 is 1.33 bits per heavy atom. The molecule has 1 saturated heterocycles. The third-order valence-electron chi connectivity index (χ3n) is 2.96. The summed E-state index contributed by atoms with van der Waals surface area (Å²) in [6.07, 6.45) is 0.827. The molecule has 2 rings (SSSR count). The number of nitriles is 2. The minimum Gasteiger partial charge on any atom is -0.326 e. The molecule has 1 aromatic carbocycles. The third kappa shape index (κ3) is 2.48. The minimum atomic E-state index is -0.0476. The number of nitrogens with one attached hydrogen (secondary N) is 2. The lowest BCUT2D eigenvalue weighted by molar-refractivity contribution is -0.119. The lowest BCUT2D eigenvalue weighted by Crippen LogP contribution is -2.24. The molecule has 1 amide bonds. The van der Waals surface area contributed by atoms with E-state index in [9.17, 15) is 4.79 Å². The van der Waals surface area contributed by atoms with Gasteiger partial charge in [0.15, 0.2) is 0 Å². The first-order valence-corrected chi connectivity index (χ1v) is 5.70. The highest BCUT2D eigenvalue weighted by Gasteiger charge is 2.22. The predicted molar refractivity (Wildman–Crippen MR) is 65.5 cm³/mol. The molecule has 18 heavy (non-hydrogen) atoms. The molecule has 0 spiro atoms. The van der Waals surface area contributed by atoms with Crippen molar-refractivity contribution in [2.75, 3.05) is 18.4 Å². The van der Waals surface area contributed by atoms with Crippen LogP contribution in [0.4, 0.5) is 5.69 Å². The van der Waals surface area contributed by atoms with Crippen molar-refractivity contribution >= 4 is 11.6 Å². The number of carbonyl (C=O) groups excluding carboxylic acids is 1. The summed E-state index contributed by atoms with van der Waals surface area (Å²) in [5.41, 5.74) is 1.15. The first-order valence-electron chi connectivity index (χ1n) is 5.70. The van der Waals surface area contributed by atoms with E-state index >= 15 is 0 Å². The summed E-state index contributed by atoms with van der Waals surface area (Å²) in [5, 5.41) is 23.6. The third-order valence-corrected chi connectivity index (χ3v) is 2.96. The zero-order valence-corrected chi connectivity index (χ0v) is 9.73. The highest BCUT2D eigenvalue weighted by molar-refractivity contribution is 5.93. The van der Waals surface area contributed by atoms with Gasteiger partial charge in [0, 0.05) is 12.2 Å². The van der Waals surface area contributed by atoms with Crippen molar-refractivity contribution in [3.8, 4) is 12.1 Å². The van der Waals surface area contributed by atoms with Crippen LogP contribution >= 0.6 is 0 Å².